The molecule has 1 aromatic carbocycles. The summed E-state index contributed by atoms with van der Waals surface area (Å²) in [6.07, 6.45) is 1.39. The number of hydrogen-bond donors (Lipinski definition) is 0. The fourth-order valence-corrected chi connectivity index (χ4v) is 1.02. The molecule has 0 saturated carbocycles. The van der Waals surface area contributed by atoms with Gasteiger partial charge in [-0.3, -0.25) is 0 Å². The minimum atomic E-state index is -0.519. The van der Waals surface area contributed by atoms with Gasteiger partial charge in [0.2, 0.25) is 0 Å². The van der Waals surface area contributed by atoms with Crippen LogP contribution in [-0.4, -0.2) is 0 Å². The highest BCUT2D eigenvalue weighted by atomic mass is 35.5. The molecule has 3 heteroatoms. The first-order valence-electron chi connectivity index (χ1n) is 2.92. The molecule has 0 bridgehead atoms. The van der Waals surface area contributed by atoms with E-state index in [4.69, 9.17) is 23.2 Å². The molecular weight excluding hydrogens is 186 g/mol. The van der Waals surface area contributed by atoms with E-state index in [9.17, 15) is 4.39 Å². The lowest BCUT2D eigenvalue weighted by atomic mass is 10.2. The molecule has 0 fully saturated rings. The first kappa shape index (κ1) is 8.57. The number of rotatable bonds is 1. The Kier molecular flexibility index (Phi) is 2.53. The van der Waals surface area contributed by atoms with Crippen LogP contribution >= 0.6 is 23.2 Å². The summed E-state index contributed by atoms with van der Waals surface area (Å²) in [5.74, 6) is -0.519. The molecule has 0 amide bonds. The number of benzene rings is 1. The fraction of sp³-hybridized carbons (Fsp3) is 0. The van der Waals surface area contributed by atoms with Gasteiger partial charge in [-0.05, 0) is 6.07 Å². The van der Waals surface area contributed by atoms with E-state index in [0.29, 0.717) is 5.56 Å². The van der Waals surface area contributed by atoms with Crippen molar-refractivity contribution in [2.24, 2.45) is 0 Å². The van der Waals surface area contributed by atoms with Crippen molar-refractivity contribution in [3.63, 3.8) is 0 Å². The lowest BCUT2D eigenvalue weighted by Crippen LogP contribution is -1.83. The van der Waals surface area contributed by atoms with Gasteiger partial charge < -0.3 is 0 Å². The van der Waals surface area contributed by atoms with Crippen LogP contribution in [0.15, 0.2) is 18.7 Å². The van der Waals surface area contributed by atoms with Gasteiger partial charge >= 0.3 is 0 Å². The van der Waals surface area contributed by atoms with Crippen LogP contribution in [0.2, 0.25) is 10.0 Å². The highest BCUT2D eigenvalue weighted by Gasteiger charge is 2.06. The van der Waals surface area contributed by atoms with E-state index in [-0.39, 0.29) is 10.0 Å². The van der Waals surface area contributed by atoms with Gasteiger partial charge in [-0.1, -0.05) is 41.9 Å². The highest BCUT2D eigenvalue weighted by molar-refractivity contribution is 6.42. The topological polar surface area (TPSA) is 0 Å². The van der Waals surface area contributed by atoms with Crippen molar-refractivity contribution in [2.75, 3.05) is 0 Å². The van der Waals surface area contributed by atoms with Crippen LogP contribution in [0.1, 0.15) is 5.56 Å². The molecule has 58 valence electrons. The van der Waals surface area contributed by atoms with Gasteiger partial charge in [-0.15, -0.1) is 0 Å². The molecule has 0 spiro atoms. The molecule has 0 N–H and O–H groups in total. The maximum Gasteiger partial charge on any atom is 0.150 e. The van der Waals surface area contributed by atoms with Gasteiger partial charge in [0.15, 0.2) is 0 Å². The van der Waals surface area contributed by atoms with E-state index in [1.165, 1.54) is 18.2 Å². The van der Waals surface area contributed by atoms with Gasteiger partial charge in [0.05, 0.1) is 10.0 Å². The molecule has 0 unspecified atom stereocenters. The van der Waals surface area contributed by atoms with Crippen LogP contribution in [-0.2, 0) is 0 Å². The Morgan fingerprint density at radius 3 is 2.55 bits per heavy atom. The van der Waals surface area contributed by atoms with Crippen molar-refractivity contribution in [1.29, 1.82) is 0 Å². The quantitative estimate of drug-likeness (QED) is 0.592. The average molecular weight is 191 g/mol. The highest BCUT2D eigenvalue weighted by Crippen LogP contribution is 2.27. The molecule has 11 heavy (non-hydrogen) atoms. The van der Waals surface area contributed by atoms with E-state index < -0.39 is 5.82 Å². The zero-order valence-corrected chi connectivity index (χ0v) is 7.08. The van der Waals surface area contributed by atoms with Crippen molar-refractivity contribution in [3.8, 4) is 0 Å². The SMILES string of the molecule is C=Cc1ccc(Cl)c(Cl)c1F. The summed E-state index contributed by atoms with van der Waals surface area (Å²) in [5.41, 5.74) is 0.361. The minimum absolute atomic E-state index is 0.0518. The van der Waals surface area contributed by atoms with Crippen LogP contribution in [0, 0.1) is 5.82 Å². The van der Waals surface area contributed by atoms with E-state index in [1.54, 1.807) is 0 Å². The summed E-state index contributed by atoms with van der Waals surface area (Å²) in [6.45, 7) is 3.42. The number of hydrogen-bond acceptors (Lipinski definition) is 0. The lowest BCUT2D eigenvalue weighted by molar-refractivity contribution is 0.625. The molecule has 0 saturated heterocycles. The zero-order chi connectivity index (χ0) is 8.43. The smallest absolute Gasteiger partial charge is 0.150 e. The van der Waals surface area contributed by atoms with E-state index in [1.807, 2.05) is 0 Å². The summed E-state index contributed by atoms with van der Waals surface area (Å²) < 4.78 is 13.0. The normalized spacial score (nSPS) is 9.73. The molecule has 0 aliphatic heterocycles. The van der Waals surface area contributed by atoms with Crippen LogP contribution < -0.4 is 0 Å². The van der Waals surface area contributed by atoms with E-state index in [0.717, 1.165) is 0 Å². The van der Waals surface area contributed by atoms with Gasteiger partial charge in [0, 0.05) is 5.56 Å². The lowest BCUT2D eigenvalue weighted by Gasteiger charge is -1.99. The van der Waals surface area contributed by atoms with Crippen LogP contribution in [0.25, 0.3) is 6.08 Å². The van der Waals surface area contributed by atoms with E-state index in [2.05, 4.69) is 6.58 Å². The minimum Gasteiger partial charge on any atom is -0.205 e. The van der Waals surface area contributed by atoms with Gasteiger partial charge in [-0.25, -0.2) is 4.39 Å². The summed E-state index contributed by atoms with van der Waals surface area (Å²) in [6, 6.07) is 3.06. The average Bonchev–Trinajstić information content (AvgIpc) is 2.01. The number of halogens is 3. The second-order valence-electron chi connectivity index (χ2n) is 1.97. The van der Waals surface area contributed by atoms with Gasteiger partial charge in [0.1, 0.15) is 5.82 Å². The molecule has 0 aromatic heterocycles. The third kappa shape index (κ3) is 1.55. The predicted octanol–water partition coefficient (Wildman–Crippen LogP) is 3.78. The second-order valence-corrected chi connectivity index (χ2v) is 2.75. The second kappa shape index (κ2) is 3.24. The first-order chi connectivity index (χ1) is 5.16. The monoisotopic (exact) mass is 190 g/mol. The van der Waals surface area contributed by atoms with Gasteiger partial charge in [-0.2, -0.15) is 0 Å². The standard InChI is InChI=1S/C8H5Cl2F/c1-2-5-3-4-6(9)7(10)8(5)11/h2-4H,1H2. The molecule has 1 rings (SSSR count). The first-order valence-corrected chi connectivity index (χ1v) is 3.68. The van der Waals surface area contributed by atoms with Crippen LogP contribution in [0.3, 0.4) is 0 Å². The predicted molar refractivity (Wildman–Crippen MR) is 46.5 cm³/mol. The maximum absolute atomic E-state index is 13.0. The Labute approximate surface area is 74.2 Å². The van der Waals surface area contributed by atoms with Crippen molar-refractivity contribution < 1.29 is 4.39 Å². The van der Waals surface area contributed by atoms with Crippen molar-refractivity contribution in [2.45, 2.75) is 0 Å². The Morgan fingerprint density at radius 1 is 1.36 bits per heavy atom. The van der Waals surface area contributed by atoms with Gasteiger partial charge in [0.25, 0.3) is 0 Å². The Morgan fingerprint density at radius 2 is 2.00 bits per heavy atom. The van der Waals surface area contributed by atoms with Crippen LogP contribution in [0.4, 0.5) is 4.39 Å². The molecule has 1 aromatic rings. The van der Waals surface area contributed by atoms with Crippen molar-refractivity contribution >= 4 is 29.3 Å². The molecule has 0 aliphatic rings. The Balaban J connectivity index is 3.36. The molecule has 0 heterocycles. The van der Waals surface area contributed by atoms with Crippen LogP contribution in [0.5, 0.6) is 0 Å². The third-order valence-corrected chi connectivity index (χ3v) is 2.07. The Hall–Kier alpha value is -0.530. The fourth-order valence-electron chi connectivity index (χ4n) is 0.698. The summed E-state index contributed by atoms with van der Waals surface area (Å²) >= 11 is 11.0. The molecule has 0 radical (unpaired) electrons. The maximum atomic E-state index is 13.0. The van der Waals surface area contributed by atoms with Crippen molar-refractivity contribution in [3.05, 3.63) is 40.1 Å². The third-order valence-electron chi connectivity index (χ3n) is 1.28. The summed E-state index contributed by atoms with van der Waals surface area (Å²) in [5, 5.41) is 0.166. The van der Waals surface area contributed by atoms with E-state index >= 15 is 0 Å². The van der Waals surface area contributed by atoms with Crippen molar-refractivity contribution in [1.82, 2.24) is 0 Å². The molecule has 0 nitrogen and oxygen atoms in total. The Bertz CT molecular complexity index is 294. The zero-order valence-electron chi connectivity index (χ0n) is 5.57. The summed E-state index contributed by atoms with van der Waals surface area (Å²) in [7, 11) is 0. The molecule has 0 aliphatic carbocycles. The largest absolute Gasteiger partial charge is 0.205 e. The molecular formula is C8H5Cl2F. The summed E-state index contributed by atoms with van der Waals surface area (Å²) in [4.78, 5) is 0. The molecule has 0 atom stereocenters.